The van der Waals surface area contributed by atoms with Gasteiger partial charge in [-0.25, -0.2) is 0 Å². The molecule has 0 bridgehead atoms. The van der Waals surface area contributed by atoms with E-state index in [1.165, 1.54) is 10.5 Å². The quantitative estimate of drug-likeness (QED) is 0.772. The zero-order valence-electron chi connectivity index (χ0n) is 13.4. The van der Waals surface area contributed by atoms with Crippen LogP contribution in [0.25, 0.3) is 0 Å². The Bertz CT molecular complexity index is 646. The van der Waals surface area contributed by atoms with Gasteiger partial charge in [-0.15, -0.1) is 11.8 Å². The predicted molar refractivity (Wildman–Crippen MR) is 97.9 cm³/mol. The van der Waals surface area contributed by atoms with Crippen LogP contribution in [0.4, 0.5) is 0 Å². The summed E-state index contributed by atoms with van der Waals surface area (Å²) in [7, 11) is 1.94. The molecule has 1 N–H and O–H groups in total. The van der Waals surface area contributed by atoms with Crippen LogP contribution in [-0.4, -0.2) is 30.7 Å². The summed E-state index contributed by atoms with van der Waals surface area (Å²) in [5.74, 6) is -0.00634. The van der Waals surface area contributed by atoms with Gasteiger partial charge in [0, 0.05) is 23.0 Å². The van der Waals surface area contributed by atoms with E-state index in [1.54, 1.807) is 11.8 Å². The van der Waals surface area contributed by atoms with Crippen molar-refractivity contribution >= 4 is 29.3 Å². The SMILES string of the molecule is CSc1ccc(CN(C)CC(=O)NCc2ccccc2Cl)cc1. The molecule has 2 aromatic rings. The fraction of sp³-hybridized carbons (Fsp3) is 0.278. The third-order valence-corrected chi connectivity index (χ3v) is 4.57. The number of benzene rings is 2. The first-order chi connectivity index (χ1) is 11.1. The maximum Gasteiger partial charge on any atom is 0.234 e. The summed E-state index contributed by atoms with van der Waals surface area (Å²) in [5.41, 5.74) is 2.13. The molecule has 3 nitrogen and oxygen atoms in total. The maximum atomic E-state index is 12.0. The average molecular weight is 349 g/mol. The Morgan fingerprint density at radius 1 is 1.17 bits per heavy atom. The molecule has 0 unspecified atom stereocenters. The lowest BCUT2D eigenvalue weighted by atomic mass is 10.2. The van der Waals surface area contributed by atoms with Crippen LogP contribution in [0.5, 0.6) is 0 Å². The summed E-state index contributed by atoms with van der Waals surface area (Å²) < 4.78 is 0. The third kappa shape index (κ3) is 5.90. The summed E-state index contributed by atoms with van der Waals surface area (Å²) >= 11 is 7.81. The van der Waals surface area contributed by atoms with Crippen molar-refractivity contribution in [3.63, 3.8) is 0 Å². The Balaban J connectivity index is 1.79. The fourth-order valence-corrected chi connectivity index (χ4v) is 2.85. The number of rotatable bonds is 7. The minimum Gasteiger partial charge on any atom is -0.351 e. The number of hydrogen-bond acceptors (Lipinski definition) is 3. The van der Waals surface area contributed by atoms with E-state index in [4.69, 9.17) is 11.6 Å². The average Bonchev–Trinajstić information content (AvgIpc) is 2.54. The van der Waals surface area contributed by atoms with Gasteiger partial charge in [0.1, 0.15) is 0 Å². The van der Waals surface area contributed by atoms with E-state index in [1.807, 2.05) is 36.2 Å². The van der Waals surface area contributed by atoms with Crippen molar-refractivity contribution in [2.75, 3.05) is 19.8 Å². The Morgan fingerprint density at radius 3 is 2.52 bits per heavy atom. The van der Waals surface area contributed by atoms with Crippen molar-refractivity contribution in [2.45, 2.75) is 18.0 Å². The standard InChI is InChI=1S/C18H21ClN2OS/c1-21(12-14-7-9-16(23-2)10-8-14)13-18(22)20-11-15-5-3-4-6-17(15)19/h3-10H,11-13H2,1-2H3,(H,20,22). The monoisotopic (exact) mass is 348 g/mol. The third-order valence-electron chi connectivity index (χ3n) is 3.46. The van der Waals surface area contributed by atoms with Gasteiger partial charge < -0.3 is 5.32 Å². The highest BCUT2D eigenvalue weighted by Crippen LogP contribution is 2.16. The first kappa shape index (κ1) is 17.9. The number of amides is 1. The Kier molecular flexibility index (Phi) is 6.96. The molecule has 0 atom stereocenters. The smallest absolute Gasteiger partial charge is 0.234 e. The molecule has 0 spiro atoms. The van der Waals surface area contributed by atoms with Gasteiger partial charge in [-0.2, -0.15) is 0 Å². The minimum atomic E-state index is -0.00634. The molecule has 5 heteroatoms. The van der Waals surface area contributed by atoms with Gasteiger partial charge in [-0.1, -0.05) is 41.9 Å². The maximum absolute atomic E-state index is 12.0. The number of likely N-dealkylation sites (N-methyl/N-ethyl adjacent to an activating group) is 1. The molecule has 0 aliphatic rings. The van der Waals surface area contributed by atoms with Crippen LogP contribution in [-0.2, 0) is 17.9 Å². The molecule has 0 radical (unpaired) electrons. The number of nitrogens with zero attached hydrogens (tertiary/aromatic N) is 1. The van der Waals surface area contributed by atoms with E-state index < -0.39 is 0 Å². The molecule has 0 saturated heterocycles. The van der Waals surface area contributed by atoms with Crippen molar-refractivity contribution in [1.82, 2.24) is 10.2 Å². The molecule has 0 aliphatic carbocycles. The Labute approximate surface area is 147 Å². The second kappa shape index (κ2) is 8.96. The van der Waals surface area contributed by atoms with Crippen molar-refractivity contribution in [2.24, 2.45) is 0 Å². The van der Waals surface area contributed by atoms with E-state index in [0.717, 1.165) is 12.1 Å². The van der Waals surface area contributed by atoms with E-state index in [-0.39, 0.29) is 5.91 Å². The molecule has 0 saturated carbocycles. The van der Waals surface area contributed by atoms with Crippen LogP contribution in [0.2, 0.25) is 5.02 Å². The normalized spacial score (nSPS) is 10.8. The van der Waals surface area contributed by atoms with E-state index in [2.05, 4.69) is 35.8 Å². The van der Waals surface area contributed by atoms with E-state index in [9.17, 15) is 4.79 Å². The first-order valence-electron chi connectivity index (χ1n) is 7.40. The zero-order valence-corrected chi connectivity index (χ0v) is 15.0. The molecular formula is C18H21ClN2OS. The van der Waals surface area contributed by atoms with Crippen LogP contribution in [0.1, 0.15) is 11.1 Å². The summed E-state index contributed by atoms with van der Waals surface area (Å²) in [4.78, 5) is 15.3. The Hall–Kier alpha value is -1.49. The molecule has 2 aromatic carbocycles. The second-order valence-electron chi connectivity index (χ2n) is 5.39. The second-order valence-corrected chi connectivity index (χ2v) is 6.68. The molecule has 0 aromatic heterocycles. The summed E-state index contributed by atoms with van der Waals surface area (Å²) in [6.07, 6.45) is 2.06. The molecule has 0 fully saturated rings. The zero-order chi connectivity index (χ0) is 16.7. The van der Waals surface area contributed by atoms with Gasteiger partial charge in [0.25, 0.3) is 0 Å². The molecule has 0 aliphatic heterocycles. The number of hydrogen-bond donors (Lipinski definition) is 1. The highest BCUT2D eigenvalue weighted by molar-refractivity contribution is 7.98. The van der Waals surface area contributed by atoms with Crippen molar-refractivity contribution < 1.29 is 4.79 Å². The number of nitrogens with one attached hydrogen (secondary N) is 1. The van der Waals surface area contributed by atoms with Crippen LogP contribution in [0, 0.1) is 0 Å². The lowest BCUT2D eigenvalue weighted by Gasteiger charge is -2.16. The van der Waals surface area contributed by atoms with Crippen molar-refractivity contribution in [1.29, 1.82) is 0 Å². The van der Waals surface area contributed by atoms with Gasteiger partial charge >= 0.3 is 0 Å². The van der Waals surface area contributed by atoms with Crippen molar-refractivity contribution in [3.05, 3.63) is 64.7 Å². The summed E-state index contributed by atoms with van der Waals surface area (Å²) in [5, 5.41) is 3.58. The van der Waals surface area contributed by atoms with E-state index in [0.29, 0.717) is 18.1 Å². The fourth-order valence-electron chi connectivity index (χ4n) is 2.24. The largest absolute Gasteiger partial charge is 0.351 e. The lowest BCUT2D eigenvalue weighted by Crippen LogP contribution is -2.34. The molecule has 23 heavy (non-hydrogen) atoms. The highest BCUT2D eigenvalue weighted by atomic mass is 35.5. The minimum absolute atomic E-state index is 0.00634. The number of halogens is 1. The van der Waals surface area contributed by atoms with Crippen molar-refractivity contribution in [3.8, 4) is 0 Å². The van der Waals surface area contributed by atoms with Crippen LogP contribution in [0.3, 0.4) is 0 Å². The highest BCUT2D eigenvalue weighted by Gasteiger charge is 2.08. The summed E-state index contributed by atoms with van der Waals surface area (Å²) in [6.45, 7) is 1.55. The van der Waals surface area contributed by atoms with Crippen LogP contribution >= 0.6 is 23.4 Å². The molecular weight excluding hydrogens is 328 g/mol. The van der Waals surface area contributed by atoms with Gasteiger partial charge in [0.2, 0.25) is 5.91 Å². The predicted octanol–water partition coefficient (Wildman–Crippen LogP) is 3.81. The van der Waals surface area contributed by atoms with E-state index >= 15 is 0 Å². The molecule has 0 heterocycles. The molecule has 2 rings (SSSR count). The number of thioether (sulfide) groups is 1. The summed E-state index contributed by atoms with van der Waals surface area (Å²) in [6, 6.07) is 15.9. The lowest BCUT2D eigenvalue weighted by molar-refractivity contribution is -0.122. The van der Waals surface area contributed by atoms with Gasteiger partial charge in [-0.05, 0) is 42.6 Å². The first-order valence-corrected chi connectivity index (χ1v) is 9.00. The van der Waals surface area contributed by atoms with Crippen LogP contribution < -0.4 is 5.32 Å². The topological polar surface area (TPSA) is 32.3 Å². The molecule has 122 valence electrons. The van der Waals surface area contributed by atoms with Gasteiger partial charge in [0.05, 0.1) is 6.54 Å². The van der Waals surface area contributed by atoms with Gasteiger partial charge in [0.15, 0.2) is 0 Å². The van der Waals surface area contributed by atoms with Gasteiger partial charge in [-0.3, -0.25) is 9.69 Å². The molecule has 1 amide bonds. The number of carbonyl (C=O) groups excluding carboxylic acids is 1. The van der Waals surface area contributed by atoms with Crippen LogP contribution in [0.15, 0.2) is 53.4 Å². The Morgan fingerprint density at radius 2 is 1.87 bits per heavy atom. The number of carbonyl (C=O) groups is 1.